The molecule has 2 nitrogen and oxygen atoms in total. The predicted molar refractivity (Wildman–Crippen MR) is 58.5 cm³/mol. The number of alkyl halides is 2. The number of hydrogen-bond donors (Lipinski definition) is 1. The minimum atomic E-state index is -2.13. The summed E-state index contributed by atoms with van der Waals surface area (Å²) < 4.78 is 24.5. The van der Waals surface area contributed by atoms with E-state index < -0.39 is 6.43 Å². The first-order chi connectivity index (χ1) is 6.58. The normalized spacial score (nSPS) is 41.4. The molecule has 1 aliphatic heterocycles. The van der Waals surface area contributed by atoms with Gasteiger partial charge < -0.3 is 5.73 Å². The van der Waals surface area contributed by atoms with E-state index in [1.165, 1.54) is 0 Å². The van der Waals surface area contributed by atoms with Crippen molar-refractivity contribution in [3.63, 3.8) is 0 Å². The Balaban J connectivity index is 0.00000112. The van der Waals surface area contributed by atoms with Gasteiger partial charge in [-0.15, -0.1) is 12.4 Å². The molecule has 1 saturated heterocycles. The van der Waals surface area contributed by atoms with Gasteiger partial charge in [-0.3, -0.25) is 4.90 Å². The molecule has 0 amide bonds. The zero-order chi connectivity index (χ0) is 10.3. The lowest BCUT2D eigenvalue weighted by atomic mass is 9.79. The molecule has 1 saturated carbocycles. The highest BCUT2D eigenvalue weighted by atomic mass is 35.5. The average molecular weight is 241 g/mol. The second-order valence-corrected chi connectivity index (χ2v) is 4.81. The van der Waals surface area contributed by atoms with E-state index in [2.05, 4.69) is 11.8 Å². The van der Waals surface area contributed by atoms with Crippen LogP contribution in [0.15, 0.2) is 0 Å². The molecule has 0 aromatic rings. The minimum absolute atomic E-state index is 0. The summed E-state index contributed by atoms with van der Waals surface area (Å²) in [6, 6.07) is 0.616. The fraction of sp³-hybridized carbons (Fsp3) is 1.00. The van der Waals surface area contributed by atoms with Gasteiger partial charge in [0.15, 0.2) is 0 Å². The summed E-state index contributed by atoms with van der Waals surface area (Å²) in [7, 11) is 0. The highest BCUT2D eigenvalue weighted by Gasteiger charge is 2.41. The lowest BCUT2D eigenvalue weighted by molar-refractivity contribution is -0.0171. The molecule has 5 heteroatoms. The van der Waals surface area contributed by atoms with Gasteiger partial charge in [-0.05, 0) is 18.8 Å². The van der Waals surface area contributed by atoms with Gasteiger partial charge in [0.05, 0.1) is 0 Å². The standard InChI is InChI=1S/C10H18F2N2.ClH/c1-6-4-14(5-9(6)13)8-2-7(3-8)10(11)12;/h6-10H,2-5,13H2,1H3;1H. The molecular weight excluding hydrogens is 222 g/mol. The summed E-state index contributed by atoms with van der Waals surface area (Å²) in [5.41, 5.74) is 5.89. The fourth-order valence-electron chi connectivity index (χ4n) is 2.46. The van der Waals surface area contributed by atoms with Crippen LogP contribution in [-0.4, -0.2) is 36.5 Å². The second-order valence-electron chi connectivity index (χ2n) is 4.81. The Bertz CT molecular complexity index is 200. The van der Waals surface area contributed by atoms with Crippen LogP contribution in [0, 0.1) is 11.8 Å². The van der Waals surface area contributed by atoms with Gasteiger partial charge >= 0.3 is 0 Å². The van der Waals surface area contributed by atoms with Crippen molar-refractivity contribution in [2.45, 2.75) is 38.3 Å². The lowest BCUT2D eigenvalue weighted by Gasteiger charge is -2.40. The van der Waals surface area contributed by atoms with Gasteiger partial charge in [0, 0.05) is 31.1 Å². The molecule has 2 N–H and O–H groups in total. The summed E-state index contributed by atoms with van der Waals surface area (Å²) in [5.74, 6) is 0.160. The molecule has 0 spiro atoms. The molecule has 2 unspecified atom stereocenters. The van der Waals surface area contributed by atoms with Gasteiger partial charge in [-0.25, -0.2) is 8.78 Å². The Labute approximate surface area is 95.6 Å². The maximum absolute atomic E-state index is 12.3. The van der Waals surface area contributed by atoms with Gasteiger partial charge in [0.2, 0.25) is 6.43 Å². The first kappa shape index (κ1) is 13.1. The molecule has 1 heterocycles. The summed E-state index contributed by atoms with van der Waals surface area (Å²) in [6.07, 6.45) is -0.797. The zero-order valence-corrected chi connectivity index (χ0v) is 9.72. The SMILES string of the molecule is CC1CN(C2CC(C(F)F)C2)CC1N.Cl. The number of nitrogens with zero attached hydrogens (tertiary/aromatic N) is 1. The average Bonchev–Trinajstić information content (AvgIpc) is 2.27. The lowest BCUT2D eigenvalue weighted by Crippen LogP contribution is -2.46. The molecule has 90 valence electrons. The van der Waals surface area contributed by atoms with Crippen molar-refractivity contribution in [1.29, 1.82) is 0 Å². The highest BCUT2D eigenvalue weighted by molar-refractivity contribution is 5.85. The fourth-order valence-corrected chi connectivity index (χ4v) is 2.46. The van der Waals surface area contributed by atoms with Crippen LogP contribution in [0.1, 0.15) is 19.8 Å². The summed E-state index contributed by atoms with van der Waals surface area (Å²) >= 11 is 0. The molecule has 2 fully saturated rings. The minimum Gasteiger partial charge on any atom is -0.326 e. The Kier molecular flexibility index (Phi) is 4.32. The van der Waals surface area contributed by atoms with Gasteiger partial charge in [-0.2, -0.15) is 0 Å². The molecule has 1 aliphatic carbocycles. The number of rotatable bonds is 2. The van der Waals surface area contributed by atoms with Gasteiger partial charge in [0.25, 0.3) is 0 Å². The Morgan fingerprint density at radius 1 is 1.27 bits per heavy atom. The van der Waals surface area contributed by atoms with Crippen LogP contribution in [0.3, 0.4) is 0 Å². The quantitative estimate of drug-likeness (QED) is 0.797. The number of nitrogens with two attached hydrogens (primary N) is 1. The van der Waals surface area contributed by atoms with Crippen LogP contribution in [0.25, 0.3) is 0 Å². The van der Waals surface area contributed by atoms with Gasteiger partial charge in [-0.1, -0.05) is 6.92 Å². The molecule has 0 bridgehead atoms. The van der Waals surface area contributed by atoms with E-state index >= 15 is 0 Å². The molecule has 2 atom stereocenters. The third kappa shape index (κ3) is 2.60. The Hall–Kier alpha value is 0.0700. The van der Waals surface area contributed by atoms with Crippen LogP contribution in [0.5, 0.6) is 0 Å². The van der Waals surface area contributed by atoms with Crippen LogP contribution < -0.4 is 5.73 Å². The van der Waals surface area contributed by atoms with Crippen molar-refractivity contribution in [3.05, 3.63) is 0 Å². The molecule has 2 aliphatic rings. The maximum atomic E-state index is 12.3. The van der Waals surface area contributed by atoms with E-state index in [9.17, 15) is 8.78 Å². The molecule has 0 aromatic carbocycles. The molecule has 0 radical (unpaired) electrons. The van der Waals surface area contributed by atoms with Crippen molar-refractivity contribution in [2.75, 3.05) is 13.1 Å². The van der Waals surface area contributed by atoms with E-state index in [-0.39, 0.29) is 24.4 Å². The van der Waals surface area contributed by atoms with Crippen LogP contribution >= 0.6 is 12.4 Å². The van der Waals surface area contributed by atoms with Crippen LogP contribution in [-0.2, 0) is 0 Å². The van der Waals surface area contributed by atoms with Crippen LogP contribution in [0.4, 0.5) is 8.78 Å². The van der Waals surface area contributed by atoms with Crippen LogP contribution in [0.2, 0.25) is 0 Å². The number of likely N-dealkylation sites (tertiary alicyclic amines) is 1. The van der Waals surface area contributed by atoms with Crippen molar-refractivity contribution >= 4 is 12.4 Å². The van der Waals surface area contributed by atoms with E-state index in [4.69, 9.17) is 5.73 Å². The largest absolute Gasteiger partial charge is 0.326 e. The summed E-state index contributed by atoms with van der Waals surface area (Å²) in [6.45, 7) is 4.01. The van der Waals surface area contributed by atoms with E-state index in [1.54, 1.807) is 0 Å². The number of halogens is 3. The smallest absolute Gasteiger partial charge is 0.241 e. The van der Waals surface area contributed by atoms with Crippen molar-refractivity contribution in [2.24, 2.45) is 17.6 Å². The zero-order valence-electron chi connectivity index (χ0n) is 8.90. The van der Waals surface area contributed by atoms with Crippen molar-refractivity contribution in [1.82, 2.24) is 4.90 Å². The molecule has 2 rings (SSSR count). The van der Waals surface area contributed by atoms with E-state index in [0.29, 0.717) is 24.8 Å². The van der Waals surface area contributed by atoms with Crippen molar-refractivity contribution in [3.8, 4) is 0 Å². The summed E-state index contributed by atoms with van der Waals surface area (Å²) in [5, 5.41) is 0. The summed E-state index contributed by atoms with van der Waals surface area (Å²) in [4.78, 5) is 2.29. The molecular formula is C10H19ClF2N2. The topological polar surface area (TPSA) is 29.3 Å². The molecule has 15 heavy (non-hydrogen) atoms. The van der Waals surface area contributed by atoms with E-state index in [0.717, 1.165) is 13.1 Å². The first-order valence-corrected chi connectivity index (χ1v) is 5.35. The maximum Gasteiger partial charge on any atom is 0.241 e. The first-order valence-electron chi connectivity index (χ1n) is 5.35. The monoisotopic (exact) mass is 240 g/mol. The number of hydrogen-bond acceptors (Lipinski definition) is 2. The molecule has 0 aromatic heterocycles. The second kappa shape index (κ2) is 4.93. The third-order valence-electron chi connectivity index (χ3n) is 3.72. The predicted octanol–water partition coefficient (Wildman–Crippen LogP) is 1.73. The third-order valence-corrected chi connectivity index (χ3v) is 3.72. The van der Waals surface area contributed by atoms with Crippen molar-refractivity contribution < 1.29 is 8.78 Å². The highest BCUT2D eigenvalue weighted by Crippen LogP contribution is 2.37. The Morgan fingerprint density at radius 2 is 1.87 bits per heavy atom. The Morgan fingerprint density at radius 3 is 2.27 bits per heavy atom. The van der Waals surface area contributed by atoms with Gasteiger partial charge in [0.1, 0.15) is 0 Å². The van der Waals surface area contributed by atoms with E-state index in [1.807, 2.05) is 0 Å².